The van der Waals surface area contributed by atoms with Crippen LogP contribution in [-0.4, -0.2) is 29.4 Å². The highest BCUT2D eigenvalue weighted by molar-refractivity contribution is 7.14. The zero-order valence-electron chi connectivity index (χ0n) is 11.2. The van der Waals surface area contributed by atoms with Crippen LogP contribution in [0.4, 0.5) is 0 Å². The maximum atomic E-state index is 11.9. The third kappa shape index (κ3) is 4.51. The van der Waals surface area contributed by atoms with Gasteiger partial charge in [-0.15, -0.1) is 11.3 Å². The zero-order chi connectivity index (χ0) is 15.3. The first-order valence-electron chi connectivity index (χ1n) is 5.81. The molecule has 1 aromatic rings. The van der Waals surface area contributed by atoms with Crippen LogP contribution in [0.3, 0.4) is 0 Å². The highest BCUT2D eigenvalue weighted by Gasteiger charge is 2.25. The van der Waals surface area contributed by atoms with E-state index >= 15 is 0 Å². The third-order valence-corrected chi connectivity index (χ3v) is 3.65. The molecule has 1 heterocycles. The van der Waals surface area contributed by atoms with Crippen LogP contribution in [0, 0.1) is 5.41 Å². The summed E-state index contributed by atoms with van der Waals surface area (Å²) in [6.45, 7) is 3.43. The number of nitrogens with one attached hydrogen (secondary N) is 1. The molecule has 0 radical (unpaired) electrons. The molecule has 6 nitrogen and oxygen atoms in total. The van der Waals surface area contributed by atoms with Crippen molar-refractivity contribution in [1.29, 1.82) is 0 Å². The summed E-state index contributed by atoms with van der Waals surface area (Å²) in [5, 5.41) is 11.1. The van der Waals surface area contributed by atoms with Gasteiger partial charge in [-0.1, -0.05) is 0 Å². The van der Waals surface area contributed by atoms with E-state index in [1.54, 1.807) is 26.0 Å². The molecule has 0 atom stereocenters. The summed E-state index contributed by atoms with van der Waals surface area (Å²) >= 11 is 1.16. The number of carboxylic acids is 1. The van der Waals surface area contributed by atoms with Crippen molar-refractivity contribution in [2.24, 2.45) is 11.1 Å². The van der Waals surface area contributed by atoms with Gasteiger partial charge in [0, 0.05) is 17.5 Å². The van der Waals surface area contributed by atoms with Crippen molar-refractivity contribution < 1.29 is 19.5 Å². The van der Waals surface area contributed by atoms with Crippen molar-refractivity contribution in [1.82, 2.24) is 5.32 Å². The fourth-order valence-electron chi connectivity index (χ4n) is 1.19. The van der Waals surface area contributed by atoms with Gasteiger partial charge in [-0.05, 0) is 32.1 Å². The molecular formula is C13H16N2O4S. The maximum absolute atomic E-state index is 11.9. The van der Waals surface area contributed by atoms with E-state index < -0.39 is 17.3 Å². The first-order chi connectivity index (χ1) is 9.22. The highest BCUT2D eigenvalue weighted by Crippen LogP contribution is 2.18. The molecule has 1 rings (SSSR count). The summed E-state index contributed by atoms with van der Waals surface area (Å²) in [7, 11) is 0. The van der Waals surface area contributed by atoms with Crippen LogP contribution >= 0.6 is 11.3 Å². The Hall–Kier alpha value is -2.15. The van der Waals surface area contributed by atoms with Gasteiger partial charge in [0.05, 0.1) is 10.3 Å². The molecule has 0 aliphatic carbocycles. The van der Waals surface area contributed by atoms with Gasteiger partial charge in [0.2, 0.25) is 5.91 Å². The third-order valence-electron chi connectivity index (χ3n) is 2.60. The molecule has 0 saturated heterocycles. The number of amides is 2. The van der Waals surface area contributed by atoms with Crippen molar-refractivity contribution in [2.75, 3.05) is 6.54 Å². The summed E-state index contributed by atoms with van der Waals surface area (Å²) in [6.07, 6.45) is 2.42. The molecular weight excluding hydrogens is 280 g/mol. The largest absolute Gasteiger partial charge is 0.478 e. The molecule has 0 bridgehead atoms. The number of aliphatic carboxylic acids is 1. The van der Waals surface area contributed by atoms with Crippen LogP contribution in [0.25, 0.3) is 6.08 Å². The molecule has 20 heavy (non-hydrogen) atoms. The molecule has 0 unspecified atom stereocenters. The highest BCUT2D eigenvalue weighted by atomic mass is 32.1. The molecule has 1 aromatic heterocycles. The average molecular weight is 296 g/mol. The maximum Gasteiger partial charge on any atom is 0.328 e. The number of carbonyl (C=O) groups excluding carboxylic acids is 2. The quantitative estimate of drug-likeness (QED) is 0.682. The van der Waals surface area contributed by atoms with Crippen LogP contribution < -0.4 is 11.1 Å². The van der Waals surface area contributed by atoms with Crippen molar-refractivity contribution in [3.05, 3.63) is 28.0 Å². The topological polar surface area (TPSA) is 109 Å². The summed E-state index contributed by atoms with van der Waals surface area (Å²) < 4.78 is 0. The van der Waals surface area contributed by atoms with E-state index in [1.807, 2.05) is 0 Å². The average Bonchev–Trinajstić information content (AvgIpc) is 2.82. The van der Waals surface area contributed by atoms with Gasteiger partial charge in [0.15, 0.2) is 0 Å². The van der Waals surface area contributed by atoms with Crippen LogP contribution in [0.5, 0.6) is 0 Å². The van der Waals surface area contributed by atoms with E-state index in [1.165, 1.54) is 6.08 Å². The molecule has 2 amide bonds. The number of rotatable bonds is 6. The Bertz CT molecular complexity index is 560. The Kier molecular flexibility index (Phi) is 5.04. The summed E-state index contributed by atoms with van der Waals surface area (Å²) in [4.78, 5) is 34.5. The van der Waals surface area contributed by atoms with Crippen LogP contribution in [0.1, 0.15) is 28.4 Å². The molecule has 4 N–H and O–H groups in total. The minimum Gasteiger partial charge on any atom is -0.478 e. The number of thiophene rings is 1. The number of hydrogen-bond acceptors (Lipinski definition) is 4. The first kappa shape index (κ1) is 15.9. The first-order valence-corrected chi connectivity index (χ1v) is 6.63. The minimum absolute atomic E-state index is 0.138. The van der Waals surface area contributed by atoms with E-state index in [0.717, 1.165) is 17.4 Å². The number of hydrogen-bond donors (Lipinski definition) is 3. The lowest BCUT2D eigenvalue weighted by molar-refractivity contribution is -0.131. The van der Waals surface area contributed by atoms with Gasteiger partial charge in [-0.25, -0.2) is 4.79 Å². The van der Waals surface area contributed by atoms with Crippen molar-refractivity contribution in [3.63, 3.8) is 0 Å². The van der Waals surface area contributed by atoms with E-state index in [-0.39, 0.29) is 12.5 Å². The number of carbonyl (C=O) groups is 3. The normalized spacial score (nSPS) is 11.5. The smallest absolute Gasteiger partial charge is 0.328 e. The minimum atomic E-state index is -1.05. The second-order valence-corrected chi connectivity index (χ2v) is 5.92. The molecule has 0 aromatic carbocycles. The summed E-state index contributed by atoms with van der Waals surface area (Å²) in [5.41, 5.74) is 4.39. The van der Waals surface area contributed by atoms with Gasteiger partial charge >= 0.3 is 5.97 Å². The van der Waals surface area contributed by atoms with Crippen LogP contribution in [0.2, 0.25) is 0 Å². The van der Waals surface area contributed by atoms with Gasteiger partial charge in [0.25, 0.3) is 5.91 Å². The lowest BCUT2D eigenvalue weighted by Gasteiger charge is -2.20. The van der Waals surface area contributed by atoms with Crippen molar-refractivity contribution >= 4 is 35.2 Å². The lowest BCUT2D eigenvalue weighted by atomic mass is 9.93. The fraction of sp³-hybridized carbons (Fsp3) is 0.308. The Morgan fingerprint density at radius 3 is 2.60 bits per heavy atom. The van der Waals surface area contributed by atoms with Crippen LogP contribution in [0.15, 0.2) is 18.2 Å². The number of carboxylic acid groups (broad SMARTS) is 1. The van der Waals surface area contributed by atoms with Gasteiger partial charge in [-0.2, -0.15) is 0 Å². The van der Waals surface area contributed by atoms with Gasteiger partial charge in [0.1, 0.15) is 0 Å². The SMILES string of the molecule is CC(C)(CNC(=O)c1ccc(/C=C/C(=O)O)s1)C(N)=O. The Balaban J connectivity index is 2.65. The van der Waals surface area contributed by atoms with Crippen molar-refractivity contribution in [2.45, 2.75) is 13.8 Å². The summed E-state index contributed by atoms with van der Waals surface area (Å²) in [6, 6.07) is 3.25. The van der Waals surface area contributed by atoms with E-state index in [2.05, 4.69) is 5.32 Å². The number of nitrogens with two attached hydrogens (primary N) is 1. The van der Waals surface area contributed by atoms with Gasteiger partial charge in [-0.3, -0.25) is 9.59 Å². The summed E-state index contributed by atoms with van der Waals surface area (Å²) in [5.74, 6) is -1.86. The van der Waals surface area contributed by atoms with E-state index in [0.29, 0.717) is 9.75 Å². The van der Waals surface area contributed by atoms with E-state index in [4.69, 9.17) is 10.8 Å². The second kappa shape index (κ2) is 6.33. The molecule has 7 heteroatoms. The zero-order valence-corrected chi connectivity index (χ0v) is 12.0. The monoisotopic (exact) mass is 296 g/mol. The fourth-order valence-corrected chi connectivity index (χ4v) is 2.02. The molecule has 0 aliphatic rings. The molecule has 108 valence electrons. The molecule has 0 spiro atoms. The Labute approximate surface area is 120 Å². The second-order valence-electron chi connectivity index (χ2n) is 4.80. The standard InChI is InChI=1S/C13H16N2O4S/c1-13(2,12(14)19)7-15-11(18)9-5-3-8(20-9)4-6-10(16)17/h3-6H,7H2,1-2H3,(H2,14,19)(H,15,18)(H,16,17)/b6-4+. The predicted molar refractivity (Wildman–Crippen MR) is 76.3 cm³/mol. The molecule has 0 fully saturated rings. The Morgan fingerprint density at radius 2 is 2.05 bits per heavy atom. The molecule has 0 saturated carbocycles. The van der Waals surface area contributed by atoms with Crippen LogP contribution in [-0.2, 0) is 9.59 Å². The predicted octanol–water partition coefficient (Wildman–Crippen LogP) is 1.09. The van der Waals surface area contributed by atoms with Gasteiger partial charge < -0.3 is 16.2 Å². The molecule has 0 aliphatic heterocycles. The van der Waals surface area contributed by atoms with E-state index in [9.17, 15) is 14.4 Å². The van der Waals surface area contributed by atoms with Crippen molar-refractivity contribution in [3.8, 4) is 0 Å². The number of primary amides is 1. The lowest BCUT2D eigenvalue weighted by Crippen LogP contribution is -2.42. The Morgan fingerprint density at radius 1 is 1.40 bits per heavy atom.